The van der Waals surface area contributed by atoms with Crippen LogP contribution in [0.5, 0.6) is 5.88 Å². The Bertz CT molecular complexity index is 403. The van der Waals surface area contributed by atoms with Crippen LogP contribution in [0.15, 0.2) is 12.4 Å². The molecule has 0 saturated carbocycles. The van der Waals surface area contributed by atoms with Crippen molar-refractivity contribution in [3.05, 3.63) is 12.4 Å². The molecule has 0 spiro atoms. The van der Waals surface area contributed by atoms with Gasteiger partial charge in [0.25, 0.3) is 0 Å². The van der Waals surface area contributed by atoms with Crippen LogP contribution in [0.1, 0.15) is 19.8 Å². The number of rotatable bonds is 8. The van der Waals surface area contributed by atoms with Crippen molar-refractivity contribution < 1.29 is 9.47 Å². The molecule has 0 aliphatic carbocycles. The number of ether oxygens (including phenoxy) is 2. The van der Waals surface area contributed by atoms with E-state index in [1.54, 1.807) is 13.4 Å². The molecule has 112 valence electrons. The van der Waals surface area contributed by atoms with Crippen LogP contribution in [-0.2, 0) is 4.74 Å². The molecule has 0 bridgehead atoms. The first kappa shape index (κ1) is 15.0. The van der Waals surface area contributed by atoms with Crippen molar-refractivity contribution in [3.8, 4) is 5.88 Å². The number of anilines is 1. The lowest BCUT2D eigenvalue weighted by Crippen LogP contribution is -2.39. The molecule has 2 rings (SSSR count). The van der Waals surface area contributed by atoms with Crippen molar-refractivity contribution in [3.63, 3.8) is 0 Å². The van der Waals surface area contributed by atoms with Crippen molar-refractivity contribution in [2.45, 2.75) is 25.8 Å². The van der Waals surface area contributed by atoms with Crippen molar-refractivity contribution in [1.29, 1.82) is 0 Å². The highest BCUT2D eigenvalue weighted by Crippen LogP contribution is 2.25. The third kappa shape index (κ3) is 4.05. The van der Waals surface area contributed by atoms with Crippen LogP contribution >= 0.6 is 0 Å². The summed E-state index contributed by atoms with van der Waals surface area (Å²) in [4.78, 5) is 10.8. The third-order valence-corrected chi connectivity index (χ3v) is 3.45. The van der Waals surface area contributed by atoms with E-state index >= 15 is 0 Å². The normalized spacial score (nSPS) is 18.5. The molecule has 1 fully saturated rings. The average molecular weight is 280 g/mol. The summed E-state index contributed by atoms with van der Waals surface area (Å²) >= 11 is 0. The minimum atomic E-state index is 0.483. The summed E-state index contributed by atoms with van der Waals surface area (Å²) in [6.07, 6.45) is 3.96. The number of methoxy groups -OCH3 is 1. The summed E-state index contributed by atoms with van der Waals surface area (Å²) in [7, 11) is 1.72. The lowest BCUT2D eigenvalue weighted by molar-refractivity contribution is 0.199. The molecular formula is C14H24N4O2. The van der Waals surface area contributed by atoms with Gasteiger partial charge in [0.2, 0.25) is 5.88 Å². The first-order chi connectivity index (χ1) is 9.85. The van der Waals surface area contributed by atoms with Gasteiger partial charge in [0.1, 0.15) is 12.1 Å². The van der Waals surface area contributed by atoms with E-state index in [4.69, 9.17) is 9.47 Å². The molecule has 2 heterocycles. The molecule has 0 radical (unpaired) electrons. The number of aromatic nitrogens is 2. The first-order valence-corrected chi connectivity index (χ1v) is 7.26. The van der Waals surface area contributed by atoms with Gasteiger partial charge in [-0.15, -0.1) is 0 Å². The Morgan fingerprint density at radius 3 is 3.15 bits per heavy atom. The Balaban J connectivity index is 1.93. The van der Waals surface area contributed by atoms with Gasteiger partial charge in [-0.3, -0.25) is 0 Å². The van der Waals surface area contributed by atoms with Crippen molar-refractivity contribution in [2.24, 2.45) is 0 Å². The van der Waals surface area contributed by atoms with Crippen LogP contribution in [0.25, 0.3) is 0 Å². The number of hydrogen-bond acceptors (Lipinski definition) is 6. The summed E-state index contributed by atoms with van der Waals surface area (Å²) in [6.45, 7) is 6.21. The zero-order valence-electron chi connectivity index (χ0n) is 12.3. The Labute approximate surface area is 120 Å². The summed E-state index contributed by atoms with van der Waals surface area (Å²) in [5.74, 6) is 1.61. The number of nitrogens with zero attached hydrogens (tertiary/aromatic N) is 3. The maximum Gasteiger partial charge on any atom is 0.218 e. The Morgan fingerprint density at radius 2 is 2.35 bits per heavy atom. The summed E-state index contributed by atoms with van der Waals surface area (Å²) in [5.41, 5.74) is 0. The number of nitrogens with one attached hydrogen (secondary N) is 1. The largest absolute Gasteiger partial charge is 0.478 e. The molecule has 1 saturated heterocycles. The predicted molar refractivity (Wildman–Crippen MR) is 78.3 cm³/mol. The van der Waals surface area contributed by atoms with Crippen LogP contribution in [0.3, 0.4) is 0 Å². The molecule has 0 aromatic carbocycles. The van der Waals surface area contributed by atoms with E-state index < -0.39 is 0 Å². The van der Waals surface area contributed by atoms with Crippen molar-refractivity contribution in [1.82, 2.24) is 15.3 Å². The maximum atomic E-state index is 5.44. The van der Waals surface area contributed by atoms with Gasteiger partial charge >= 0.3 is 0 Å². The minimum absolute atomic E-state index is 0.483. The van der Waals surface area contributed by atoms with Gasteiger partial charge in [-0.25, -0.2) is 9.97 Å². The fraction of sp³-hybridized carbons (Fsp3) is 0.714. The van der Waals surface area contributed by atoms with Gasteiger partial charge in [0.05, 0.1) is 13.2 Å². The first-order valence-electron chi connectivity index (χ1n) is 7.26. The second-order valence-corrected chi connectivity index (χ2v) is 4.83. The van der Waals surface area contributed by atoms with E-state index in [0.29, 0.717) is 18.5 Å². The molecule has 1 aromatic heterocycles. The molecule has 1 atom stereocenters. The Kier molecular flexibility index (Phi) is 6.01. The second kappa shape index (κ2) is 8.01. The monoisotopic (exact) mass is 280 g/mol. The third-order valence-electron chi connectivity index (χ3n) is 3.45. The smallest absolute Gasteiger partial charge is 0.218 e. The summed E-state index contributed by atoms with van der Waals surface area (Å²) in [5, 5.41) is 3.43. The zero-order valence-corrected chi connectivity index (χ0v) is 12.3. The lowest BCUT2D eigenvalue weighted by Gasteiger charge is -2.26. The Morgan fingerprint density at radius 1 is 1.45 bits per heavy atom. The van der Waals surface area contributed by atoms with E-state index in [9.17, 15) is 0 Å². The molecule has 0 amide bonds. The molecule has 1 aliphatic heterocycles. The molecule has 1 aromatic rings. The van der Waals surface area contributed by atoms with Crippen LogP contribution < -0.4 is 15.0 Å². The van der Waals surface area contributed by atoms with Crippen LogP contribution in [0.4, 0.5) is 5.82 Å². The zero-order chi connectivity index (χ0) is 14.2. The van der Waals surface area contributed by atoms with Gasteiger partial charge in [0, 0.05) is 38.9 Å². The molecule has 20 heavy (non-hydrogen) atoms. The van der Waals surface area contributed by atoms with E-state index in [1.165, 1.54) is 12.8 Å². The molecule has 1 N–H and O–H groups in total. The van der Waals surface area contributed by atoms with Crippen LogP contribution in [0.2, 0.25) is 0 Å². The topological polar surface area (TPSA) is 59.5 Å². The number of hydrogen-bond donors (Lipinski definition) is 1. The van der Waals surface area contributed by atoms with Crippen LogP contribution in [0, 0.1) is 0 Å². The van der Waals surface area contributed by atoms with Gasteiger partial charge in [0.15, 0.2) is 0 Å². The standard InChI is InChI=1S/C14H24N4O2/c1-3-20-14-9-13(16-11-17-14)18-7-4-5-12(18)10-15-6-8-19-2/h9,11-12,15H,3-8,10H2,1-2H3. The van der Waals surface area contributed by atoms with Crippen LogP contribution in [-0.4, -0.2) is 56.0 Å². The van der Waals surface area contributed by atoms with E-state index in [1.807, 2.05) is 13.0 Å². The van der Waals surface area contributed by atoms with Gasteiger partial charge in [-0.2, -0.15) is 0 Å². The minimum Gasteiger partial charge on any atom is -0.478 e. The van der Waals surface area contributed by atoms with Crippen molar-refractivity contribution >= 4 is 5.82 Å². The molecule has 6 heteroatoms. The molecule has 6 nitrogen and oxygen atoms in total. The highest BCUT2D eigenvalue weighted by atomic mass is 16.5. The van der Waals surface area contributed by atoms with E-state index in [-0.39, 0.29) is 0 Å². The quantitative estimate of drug-likeness (QED) is 0.719. The fourth-order valence-electron chi connectivity index (χ4n) is 2.51. The lowest BCUT2D eigenvalue weighted by atomic mass is 10.2. The average Bonchev–Trinajstić information content (AvgIpc) is 2.93. The highest BCUT2D eigenvalue weighted by molar-refractivity contribution is 5.43. The SMILES string of the molecule is CCOc1cc(N2CCCC2CNCCOC)ncn1. The summed E-state index contributed by atoms with van der Waals surface area (Å²) < 4.78 is 10.5. The predicted octanol–water partition coefficient (Wildman–Crippen LogP) is 1.08. The van der Waals surface area contributed by atoms with E-state index in [2.05, 4.69) is 20.2 Å². The van der Waals surface area contributed by atoms with E-state index in [0.717, 1.165) is 32.1 Å². The maximum absolute atomic E-state index is 5.44. The Hall–Kier alpha value is -1.40. The van der Waals surface area contributed by atoms with Gasteiger partial charge < -0.3 is 19.7 Å². The molecular weight excluding hydrogens is 256 g/mol. The van der Waals surface area contributed by atoms with Gasteiger partial charge in [-0.05, 0) is 19.8 Å². The van der Waals surface area contributed by atoms with Gasteiger partial charge in [-0.1, -0.05) is 0 Å². The molecule has 1 aliphatic rings. The van der Waals surface area contributed by atoms with Crippen molar-refractivity contribution in [2.75, 3.05) is 44.9 Å². The fourth-order valence-corrected chi connectivity index (χ4v) is 2.51. The second-order valence-electron chi connectivity index (χ2n) is 4.83. The molecule has 1 unspecified atom stereocenters. The summed E-state index contributed by atoms with van der Waals surface area (Å²) in [6, 6.07) is 2.41. The highest BCUT2D eigenvalue weighted by Gasteiger charge is 2.25.